The van der Waals surface area contributed by atoms with Crippen molar-refractivity contribution in [1.82, 2.24) is 0 Å². The molecule has 0 radical (unpaired) electrons. The molecule has 0 fully saturated rings. The minimum atomic E-state index is -1.83. The van der Waals surface area contributed by atoms with Gasteiger partial charge in [0.1, 0.15) is 30.5 Å². The molecular formula is C15H29NaO13. The average molecular weight is 440 g/mol. The fourth-order valence-electron chi connectivity index (χ4n) is 1.38. The standard InChI is InChI=1S/C12H24O10.C3H6O3.Na/c1-6(15)12(20)22-9(5-21-4-7(16)2-13)11(19)10(18)8(17)3-14;1-2(4)3(5)6;/h6-11,13-19H,2-5H2,1H3;2,4H,1H3,(H,5,6);/q;;+1/p-1/t6?,7?,8-,9+,10-,11-;;/m1../s1. The Bertz CT molecular complexity index is 434. The van der Waals surface area contributed by atoms with Crippen molar-refractivity contribution in [2.45, 2.75) is 56.6 Å². The second-order valence-corrected chi connectivity index (χ2v) is 5.75. The molecule has 13 nitrogen and oxygen atoms in total. The van der Waals surface area contributed by atoms with E-state index in [1.165, 1.54) is 0 Å². The first kappa shape index (κ1) is 33.2. The number of hydrogen-bond donors (Lipinski definition) is 8. The van der Waals surface area contributed by atoms with Gasteiger partial charge in [0.2, 0.25) is 0 Å². The molecule has 168 valence electrons. The Labute approximate surface area is 189 Å². The van der Waals surface area contributed by atoms with Gasteiger partial charge in [-0.25, -0.2) is 4.79 Å². The molecular weight excluding hydrogens is 411 g/mol. The van der Waals surface area contributed by atoms with Crippen molar-refractivity contribution in [3.63, 3.8) is 0 Å². The molecule has 0 bridgehead atoms. The van der Waals surface area contributed by atoms with Gasteiger partial charge in [0.15, 0.2) is 6.10 Å². The molecule has 0 aromatic heterocycles. The van der Waals surface area contributed by atoms with E-state index in [1.807, 2.05) is 0 Å². The summed E-state index contributed by atoms with van der Waals surface area (Å²) in [5, 5.41) is 81.6. The van der Waals surface area contributed by atoms with Gasteiger partial charge in [-0.3, -0.25) is 0 Å². The van der Waals surface area contributed by atoms with Crippen LogP contribution in [-0.2, 0) is 19.1 Å². The second kappa shape index (κ2) is 18.4. The Hall–Kier alpha value is -0.420. The number of aliphatic carboxylic acids is 1. The van der Waals surface area contributed by atoms with Gasteiger partial charge in [-0.2, -0.15) is 0 Å². The maximum atomic E-state index is 11.4. The average Bonchev–Trinajstić information content (AvgIpc) is 2.65. The monoisotopic (exact) mass is 440 g/mol. The Kier molecular flexibility index (Phi) is 21.0. The van der Waals surface area contributed by atoms with E-state index in [-0.39, 0.29) is 36.2 Å². The Balaban J connectivity index is -0.000000837. The van der Waals surface area contributed by atoms with Gasteiger partial charge < -0.3 is 60.2 Å². The van der Waals surface area contributed by atoms with Crippen LogP contribution in [0, 0.1) is 0 Å². The molecule has 0 aliphatic carbocycles. The number of carboxylic acid groups (broad SMARTS) is 1. The third-order valence-electron chi connectivity index (χ3n) is 3.06. The summed E-state index contributed by atoms with van der Waals surface area (Å²) < 4.78 is 9.67. The van der Waals surface area contributed by atoms with Crippen LogP contribution in [0.1, 0.15) is 13.8 Å². The number of hydrogen-bond acceptors (Lipinski definition) is 13. The van der Waals surface area contributed by atoms with Crippen molar-refractivity contribution in [3.8, 4) is 0 Å². The minimum absolute atomic E-state index is 0. The largest absolute Gasteiger partial charge is 1.00 e. The van der Waals surface area contributed by atoms with Crippen LogP contribution in [0.4, 0.5) is 0 Å². The molecule has 14 heteroatoms. The summed E-state index contributed by atoms with van der Waals surface area (Å²) in [4.78, 5) is 20.7. The fourth-order valence-corrected chi connectivity index (χ4v) is 1.38. The van der Waals surface area contributed by atoms with E-state index in [0.29, 0.717) is 0 Å². The summed E-state index contributed by atoms with van der Waals surface area (Å²) in [6.07, 6.45) is -10.8. The van der Waals surface area contributed by atoms with Crippen molar-refractivity contribution in [2.75, 3.05) is 26.4 Å². The quantitative estimate of drug-likeness (QED) is 0.104. The molecule has 7 atom stereocenters. The number of ether oxygens (including phenoxy) is 2. The van der Waals surface area contributed by atoms with Gasteiger partial charge in [-0.05, 0) is 13.8 Å². The molecule has 0 saturated heterocycles. The molecule has 3 unspecified atom stereocenters. The predicted octanol–water partition coefficient (Wildman–Crippen LogP) is -9.16. The van der Waals surface area contributed by atoms with Crippen LogP contribution in [0.25, 0.3) is 0 Å². The van der Waals surface area contributed by atoms with E-state index in [9.17, 15) is 30.0 Å². The third kappa shape index (κ3) is 16.0. The van der Waals surface area contributed by atoms with Crippen LogP contribution in [0.3, 0.4) is 0 Å². The summed E-state index contributed by atoms with van der Waals surface area (Å²) in [5.74, 6) is -2.53. The van der Waals surface area contributed by atoms with Crippen LogP contribution < -0.4 is 34.7 Å². The molecule has 0 saturated carbocycles. The van der Waals surface area contributed by atoms with E-state index >= 15 is 0 Å². The molecule has 8 N–H and O–H groups in total. The smallest absolute Gasteiger partial charge is 0.547 e. The molecule has 0 aliphatic heterocycles. The molecule has 0 rings (SSSR count). The van der Waals surface area contributed by atoms with Gasteiger partial charge in [0, 0.05) is 0 Å². The number of carboxylic acids is 1. The summed E-state index contributed by atoms with van der Waals surface area (Å²) in [6.45, 7) is 0.0544. The van der Waals surface area contributed by atoms with E-state index in [1.54, 1.807) is 0 Å². The van der Waals surface area contributed by atoms with Crippen molar-refractivity contribution < 1.29 is 94.6 Å². The Morgan fingerprint density at radius 2 is 1.34 bits per heavy atom. The zero-order valence-electron chi connectivity index (χ0n) is 16.5. The normalized spacial score (nSPS) is 17.9. The first-order valence-electron chi connectivity index (χ1n) is 8.18. The van der Waals surface area contributed by atoms with Gasteiger partial charge >= 0.3 is 35.5 Å². The first-order chi connectivity index (χ1) is 12.9. The molecule has 0 aromatic rings. The minimum Gasteiger partial charge on any atom is -0.547 e. The number of aliphatic hydroxyl groups is 8. The summed E-state index contributed by atoms with van der Waals surface area (Å²) >= 11 is 0. The Morgan fingerprint density at radius 3 is 1.69 bits per heavy atom. The molecule has 0 aromatic carbocycles. The van der Waals surface area contributed by atoms with Crippen LogP contribution >= 0.6 is 0 Å². The van der Waals surface area contributed by atoms with Gasteiger partial charge in [0.25, 0.3) is 0 Å². The SMILES string of the molecule is CC(O)C(=O)O[C@@H](COCC(O)CO)[C@@H](O)[C@H](O)[C@H](O)CO.CC(O)C(=O)[O-].[Na+]. The van der Waals surface area contributed by atoms with Crippen LogP contribution in [-0.4, -0.2) is 122 Å². The van der Waals surface area contributed by atoms with Crippen LogP contribution in [0.5, 0.6) is 0 Å². The number of aliphatic hydroxyl groups excluding tert-OH is 8. The number of esters is 1. The summed E-state index contributed by atoms with van der Waals surface area (Å²) in [7, 11) is 0. The summed E-state index contributed by atoms with van der Waals surface area (Å²) in [5.41, 5.74) is 0. The van der Waals surface area contributed by atoms with Crippen molar-refractivity contribution in [2.24, 2.45) is 0 Å². The van der Waals surface area contributed by atoms with Gasteiger partial charge in [0.05, 0.1) is 38.5 Å². The molecule has 0 spiro atoms. The molecule has 0 heterocycles. The van der Waals surface area contributed by atoms with Crippen LogP contribution in [0.2, 0.25) is 0 Å². The zero-order chi connectivity index (χ0) is 22.4. The van der Waals surface area contributed by atoms with E-state index in [4.69, 9.17) is 35.0 Å². The fraction of sp³-hybridized carbons (Fsp3) is 0.867. The predicted molar refractivity (Wildman–Crippen MR) is 87.3 cm³/mol. The van der Waals surface area contributed by atoms with Gasteiger partial charge in [-0.15, -0.1) is 0 Å². The third-order valence-corrected chi connectivity index (χ3v) is 3.06. The number of rotatable bonds is 12. The maximum absolute atomic E-state index is 11.4. The molecule has 0 aliphatic rings. The van der Waals surface area contributed by atoms with Crippen molar-refractivity contribution in [3.05, 3.63) is 0 Å². The van der Waals surface area contributed by atoms with Gasteiger partial charge in [-0.1, -0.05) is 0 Å². The van der Waals surface area contributed by atoms with E-state index < -0.39 is 74.5 Å². The zero-order valence-corrected chi connectivity index (χ0v) is 18.5. The van der Waals surface area contributed by atoms with Crippen LogP contribution in [0.15, 0.2) is 0 Å². The molecule has 0 amide bonds. The number of carbonyl (C=O) groups is 2. The maximum Gasteiger partial charge on any atom is 1.00 e. The van der Waals surface area contributed by atoms with E-state index in [2.05, 4.69) is 0 Å². The second-order valence-electron chi connectivity index (χ2n) is 5.75. The molecule has 29 heavy (non-hydrogen) atoms. The van der Waals surface area contributed by atoms with E-state index in [0.717, 1.165) is 13.8 Å². The van der Waals surface area contributed by atoms with Crippen molar-refractivity contribution >= 4 is 11.9 Å². The van der Waals surface area contributed by atoms with Crippen molar-refractivity contribution in [1.29, 1.82) is 0 Å². The Morgan fingerprint density at radius 1 is 0.862 bits per heavy atom. The number of carbonyl (C=O) groups excluding carboxylic acids is 2. The summed E-state index contributed by atoms with van der Waals surface area (Å²) in [6, 6.07) is 0. The first-order valence-corrected chi connectivity index (χ1v) is 8.18. The topological polar surface area (TPSA) is 237 Å².